The molecule has 0 fully saturated rings. The number of nitrogens with zero attached hydrogens (tertiary/aromatic N) is 3. The second kappa shape index (κ2) is 6.09. The van der Waals surface area contributed by atoms with E-state index >= 15 is 0 Å². The fourth-order valence-electron chi connectivity index (χ4n) is 3.25. The largest absolute Gasteiger partial charge is 0.497 e. The number of pyridine rings is 2. The van der Waals surface area contributed by atoms with E-state index in [1.165, 1.54) is 11.1 Å². The SMILES string of the molecule is COc1cccc(CN2CCc3nc4nc(N)ccc4cc3C2)c1. The van der Waals surface area contributed by atoms with Crippen molar-refractivity contribution in [2.24, 2.45) is 0 Å². The summed E-state index contributed by atoms with van der Waals surface area (Å²) in [5.74, 6) is 1.42. The smallest absolute Gasteiger partial charge is 0.161 e. The Morgan fingerprint density at radius 3 is 2.96 bits per heavy atom. The summed E-state index contributed by atoms with van der Waals surface area (Å²) in [5, 5.41) is 1.05. The summed E-state index contributed by atoms with van der Waals surface area (Å²) in [6.45, 7) is 2.81. The highest BCUT2D eigenvalue weighted by Gasteiger charge is 2.18. The normalized spacial score (nSPS) is 14.5. The molecule has 4 rings (SSSR count). The van der Waals surface area contributed by atoms with E-state index in [1.54, 1.807) is 7.11 Å². The van der Waals surface area contributed by atoms with Gasteiger partial charge < -0.3 is 10.5 Å². The standard InChI is InChI=1S/C19H20N4O/c1-24-16-4-2-3-13(9-16)11-23-8-7-17-15(12-23)10-14-5-6-18(20)22-19(14)21-17/h2-6,9-10H,7-8,11-12H2,1H3,(H2,20,21,22). The average Bonchev–Trinajstić information content (AvgIpc) is 2.60. The Morgan fingerprint density at radius 2 is 2.08 bits per heavy atom. The minimum absolute atomic E-state index is 0.519. The number of aromatic nitrogens is 2. The van der Waals surface area contributed by atoms with Crippen LogP contribution in [0.1, 0.15) is 16.8 Å². The molecule has 3 heterocycles. The molecule has 0 saturated heterocycles. The summed E-state index contributed by atoms with van der Waals surface area (Å²) in [4.78, 5) is 11.5. The third kappa shape index (κ3) is 2.90. The lowest BCUT2D eigenvalue weighted by Gasteiger charge is -2.28. The zero-order valence-corrected chi connectivity index (χ0v) is 13.7. The van der Waals surface area contributed by atoms with Crippen molar-refractivity contribution in [2.75, 3.05) is 19.4 Å². The maximum Gasteiger partial charge on any atom is 0.161 e. The van der Waals surface area contributed by atoms with Gasteiger partial charge in [-0.1, -0.05) is 12.1 Å². The molecule has 0 bridgehead atoms. The van der Waals surface area contributed by atoms with Crippen LogP contribution in [0.25, 0.3) is 11.0 Å². The molecule has 2 aromatic heterocycles. The molecule has 5 nitrogen and oxygen atoms in total. The van der Waals surface area contributed by atoms with Crippen LogP contribution in [0.15, 0.2) is 42.5 Å². The molecule has 0 radical (unpaired) electrons. The Balaban J connectivity index is 1.57. The van der Waals surface area contributed by atoms with Gasteiger partial charge in [0, 0.05) is 37.1 Å². The first-order valence-electron chi connectivity index (χ1n) is 8.11. The first kappa shape index (κ1) is 14.9. The van der Waals surface area contributed by atoms with E-state index in [0.717, 1.165) is 48.5 Å². The molecule has 0 saturated carbocycles. The van der Waals surface area contributed by atoms with E-state index in [1.807, 2.05) is 24.3 Å². The number of ether oxygens (including phenoxy) is 1. The lowest BCUT2D eigenvalue weighted by molar-refractivity contribution is 0.243. The number of fused-ring (bicyclic) bond motifs is 2. The maximum atomic E-state index is 5.76. The van der Waals surface area contributed by atoms with E-state index < -0.39 is 0 Å². The van der Waals surface area contributed by atoms with Crippen molar-refractivity contribution < 1.29 is 4.74 Å². The van der Waals surface area contributed by atoms with Gasteiger partial charge in [0.05, 0.1) is 7.11 Å². The fourth-order valence-corrected chi connectivity index (χ4v) is 3.25. The summed E-state index contributed by atoms with van der Waals surface area (Å²) in [6.07, 6.45) is 0.936. The van der Waals surface area contributed by atoms with Gasteiger partial charge in [-0.25, -0.2) is 9.97 Å². The van der Waals surface area contributed by atoms with Gasteiger partial charge in [-0.05, 0) is 41.5 Å². The third-order valence-electron chi connectivity index (χ3n) is 4.47. The summed E-state index contributed by atoms with van der Waals surface area (Å²) in [7, 11) is 1.70. The molecule has 3 aromatic rings. The average molecular weight is 320 g/mol. The van der Waals surface area contributed by atoms with Gasteiger partial charge in [-0.2, -0.15) is 0 Å². The predicted octanol–water partition coefficient (Wildman–Crippen LogP) is 2.78. The van der Waals surface area contributed by atoms with E-state index in [2.05, 4.69) is 28.1 Å². The van der Waals surface area contributed by atoms with Crippen LogP contribution in [0.5, 0.6) is 5.75 Å². The number of hydrogen-bond donors (Lipinski definition) is 1. The van der Waals surface area contributed by atoms with Crippen molar-refractivity contribution in [1.82, 2.24) is 14.9 Å². The lowest BCUT2D eigenvalue weighted by atomic mass is 10.0. The Hall–Kier alpha value is -2.66. The van der Waals surface area contributed by atoms with Gasteiger partial charge in [0.15, 0.2) is 5.65 Å². The summed E-state index contributed by atoms with van der Waals surface area (Å²) in [6, 6.07) is 14.3. The topological polar surface area (TPSA) is 64.3 Å². The van der Waals surface area contributed by atoms with E-state index in [4.69, 9.17) is 15.5 Å². The minimum Gasteiger partial charge on any atom is -0.497 e. The number of hydrogen-bond acceptors (Lipinski definition) is 5. The predicted molar refractivity (Wildman–Crippen MR) is 94.8 cm³/mol. The number of methoxy groups -OCH3 is 1. The Labute approximate surface area is 141 Å². The molecule has 24 heavy (non-hydrogen) atoms. The fraction of sp³-hybridized carbons (Fsp3) is 0.263. The van der Waals surface area contributed by atoms with Gasteiger partial charge in [0.25, 0.3) is 0 Å². The van der Waals surface area contributed by atoms with Gasteiger partial charge in [0.1, 0.15) is 11.6 Å². The van der Waals surface area contributed by atoms with Crippen molar-refractivity contribution in [2.45, 2.75) is 19.5 Å². The first-order chi connectivity index (χ1) is 11.7. The number of rotatable bonds is 3. The molecule has 0 unspecified atom stereocenters. The van der Waals surface area contributed by atoms with Crippen LogP contribution in [-0.4, -0.2) is 28.5 Å². The number of nitrogens with two attached hydrogens (primary N) is 1. The van der Waals surface area contributed by atoms with Gasteiger partial charge in [0.2, 0.25) is 0 Å². The first-order valence-corrected chi connectivity index (χ1v) is 8.11. The Morgan fingerprint density at radius 1 is 1.17 bits per heavy atom. The van der Waals surface area contributed by atoms with Crippen LogP contribution in [0.3, 0.4) is 0 Å². The van der Waals surface area contributed by atoms with Crippen molar-refractivity contribution in [3.05, 3.63) is 59.3 Å². The third-order valence-corrected chi connectivity index (χ3v) is 4.47. The molecule has 122 valence electrons. The molecular formula is C19H20N4O. The Bertz CT molecular complexity index is 894. The molecular weight excluding hydrogens is 300 g/mol. The van der Waals surface area contributed by atoms with Crippen molar-refractivity contribution in [3.63, 3.8) is 0 Å². The molecule has 0 atom stereocenters. The molecule has 0 amide bonds. The van der Waals surface area contributed by atoms with Crippen molar-refractivity contribution >= 4 is 16.9 Å². The lowest BCUT2D eigenvalue weighted by Crippen LogP contribution is -2.30. The molecule has 0 spiro atoms. The van der Waals surface area contributed by atoms with Crippen LogP contribution in [0, 0.1) is 0 Å². The number of anilines is 1. The van der Waals surface area contributed by atoms with Crippen LogP contribution in [0.4, 0.5) is 5.82 Å². The van der Waals surface area contributed by atoms with E-state index in [-0.39, 0.29) is 0 Å². The quantitative estimate of drug-likeness (QED) is 0.804. The molecule has 1 aliphatic heterocycles. The summed E-state index contributed by atoms with van der Waals surface area (Å²) in [5.41, 5.74) is 10.2. The van der Waals surface area contributed by atoms with Crippen LogP contribution >= 0.6 is 0 Å². The van der Waals surface area contributed by atoms with Crippen LogP contribution in [0.2, 0.25) is 0 Å². The molecule has 1 aromatic carbocycles. The zero-order chi connectivity index (χ0) is 16.5. The highest BCUT2D eigenvalue weighted by molar-refractivity contribution is 5.77. The monoisotopic (exact) mass is 320 g/mol. The maximum absolute atomic E-state index is 5.76. The van der Waals surface area contributed by atoms with Crippen LogP contribution < -0.4 is 10.5 Å². The van der Waals surface area contributed by atoms with Crippen LogP contribution in [-0.2, 0) is 19.5 Å². The van der Waals surface area contributed by atoms with Crippen molar-refractivity contribution in [3.8, 4) is 5.75 Å². The minimum atomic E-state index is 0.519. The van der Waals surface area contributed by atoms with Gasteiger partial charge >= 0.3 is 0 Å². The summed E-state index contributed by atoms with van der Waals surface area (Å²) >= 11 is 0. The van der Waals surface area contributed by atoms with Crippen molar-refractivity contribution in [1.29, 1.82) is 0 Å². The zero-order valence-electron chi connectivity index (χ0n) is 13.7. The van der Waals surface area contributed by atoms with Gasteiger partial charge in [-0.15, -0.1) is 0 Å². The Kier molecular flexibility index (Phi) is 3.78. The molecule has 2 N–H and O–H groups in total. The van der Waals surface area contributed by atoms with E-state index in [9.17, 15) is 0 Å². The number of benzene rings is 1. The van der Waals surface area contributed by atoms with E-state index in [0.29, 0.717) is 5.82 Å². The summed E-state index contributed by atoms with van der Waals surface area (Å²) < 4.78 is 5.31. The molecule has 5 heteroatoms. The molecule has 1 aliphatic rings. The second-order valence-electron chi connectivity index (χ2n) is 6.19. The molecule has 0 aliphatic carbocycles. The second-order valence-corrected chi connectivity index (χ2v) is 6.19. The number of nitrogen functional groups attached to an aromatic ring is 1. The van der Waals surface area contributed by atoms with Gasteiger partial charge in [-0.3, -0.25) is 4.90 Å². The highest BCUT2D eigenvalue weighted by Crippen LogP contribution is 2.24. The highest BCUT2D eigenvalue weighted by atomic mass is 16.5.